The number of nitrogen functional groups attached to an aromatic ring is 1. The lowest BCUT2D eigenvalue weighted by Crippen LogP contribution is -2.43. The van der Waals surface area contributed by atoms with Crippen LogP contribution < -0.4 is 32.6 Å². The van der Waals surface area contributed by atoms with E-state index in [0.29, 0.717) is 24.6 Å². The smallest absolute Gasteiger partial charge is 0.326 e. The number of hydrogen-bond acceptors (Lipinski definition) is 10. The monoisotopic (exact) mass is 509 g/mol. The number of nitrogens with two attached hydrogens (primary N) is 1. The molecule has 16 heteroatoms. The van der Waals surface area contributed by atoms with E-state index in [4.69, 9.17) is 10.8 Å². The molecule has 3 atom stereocenters. The number of fused-ring (bicyclic) bond motifs is 1. The molecular formula is C20H27N7O9. The van der Waals surface area contributed by atoms with Crippen LogP contribution in [-0.2, 0) is 14.4 Å². The highest BCUT2D eigenvalue weighted by Crippen LogP contribution is 2.20. The third kappa shape index (κ3) is 7.15. The number of aromatic nitrogens is 2. The molecule has 1 aromatic heterocycles. The summed E-state index contributed by atoms with van der Waals surface area (Å²) in [4.78, 5) is 64.0. The second-order valence-corrected chi connectivity index (χ2v) is 7.54. The fourth-order valence-electron chi connectivity index (χ4n) is 3.26. The van der Waals surface area contributed by atoms with Gasteiger partial charge in [-0.25, -0.2) is 4.79 Å². The molecular weight excluding hydrogens is 482 g/mol. The van der Waals surface area contributed by atoms with Gasteiger partial charge in [0.05, 0.1) is 6.04 Å². The van der Waals surface area contributed by atoms with E-state index in [1.165, 1.54) is 12.1 Å². The topological polar surface area (TPSA) is 292 Å². The average Bonchev–Trinajstić information content (AvgIpc) is 2.80. The van der Waals surface area contributed by atoms with E-state index in [-0.39, 0.29) is 40.5 Å². The molecule has 1 aromatic carbocycles. The molecule has 3 rings (SSSR count). The number of rotatable bonds is 10. The summed E-state index contributed by atoms with van der Waals surface area (Å²) in [5.41, 5.74) is 6.23. The SMILES string of the molecule is Nc1nc2c(c(=O)[nH]1)NC(CNc1ccc(C(=O)N[C@@H](CC(C=O)C(=O)O)C(=O)O)cc1)CN2.O.O. The van der Waals surface area contributed by atoms with Gasteiger partial charge >= 0.3 is 11.9 Å². The molecule has 0 radical (unpaired) electrons. The minimum absolute atomic E-state index is 0. The van der Waals surface area contributed by atoms with Crippen LogP contribution >= 0.6 is 0 Å². The fourth-order valence-corrected chi connectivity index (χ4v) is 3.26. The maximum absolute atomic E-state index is 12.4. The molecule has 1 aliphatic rings. The summed E-state index contributed by atoms with van der Waals surface area (Å²) in [7, 11) is 0. The number of aldehydes is 1. The number of carboxylic acid groups (broad SMARTS) is 2. The van der Waals surface area contributed by atoms with Gasteiger partial charge < -0.3 is 53.0 Å². The number of carboxylic acids is 2. The van der Waals surface area contributed by atoms with Gasteiger partial charge in [-0.2, -0.15) is 4.98 Å². The summed E-state index contributed by atoms with van der Waals surface area (Å²) < 4.78 is 0. The number of benzene rings is 1. The number of carbonyl (C=O) groups is 4. The molecule has 2 aromatic rings. The van der Waals surface area contributed by atoms with Crippen LogP contribution in [0.25, 0.3) is 0 Å². The van der Waals surface area contributed by atoms with Gasteiger partial charge in [-0.3, -0.25) is 19.4 Å². The lowest BCUT2D eigenvalue weighted by molar-refractivity contribution is -0.145. The van der Waals surface area contributed by atoms with Crippen LogP contribution in [0.5, 0.6) is 0 Å². The van der Waals surface area contributed by atoms with E-state index in [1.54, 1.807) is 12.1 Å². The van der Waals surface area contributed by atoms with Crippen molar-refractivity contribution in [2.24, 2.45) is 5.92 Å². The third-order valence-electron chi connectivity index (χ3n) is 5.08. The van der Waals surface area contributed by atoms with Crippen molar-refractivity contribution in [3.63, 3.8) is 0 Å². The first-order valence-corrected chi connectivity index (χ1v) is 10.1. The molecule has 196 valence electrons. The fraction of sp³-hybridized carbons (Fsp3) is 0.300. The van der Waals surface area contributed by atoms with Crippen LogP contribution in [0.2, 0.25) is 0 Å². The standard InChI is InChI=1S/C20H23N7O7.2H2O/c21-20-26-15-14(17(30)27-20)24-12(7-23-15)6-22-11-3-1-9(2-4-11)16(29)25-13(19(33)34)5-10(8-28)18(31)32;;/h1-4,8,10,12-13,22,24H,5-7H2,(H,25,29)(H,31,32)(H,33,34)(H4,21,23,26,27,30);2*1H2/t10?,12?,13-;;/m0../s1. The number of carbonyl (C=O) groups excluding carboxylic acids is 2. The third-order valence-corrected chi connectivity index (χ3v) is 5.08. The van der Waals surface area contributed by atoms with Crippen LogP contribution in [0.1, 0.15) is 16.8 Å². The van der Waals surface area contributed by atoms with E-state index in [9.17, 15) is 29.1 Å². The van der Waals surface area contributed by atoms with Crippen LogP contribution in [0.3, 0.4) is 0 Å². The number of nitrogens with zero attached hydrogens (tertiary/aromatic N) is 1. The van der Waals surface area contributed by atoms with Gasteiger partial charge in [0, 0.05) is 24.3 Å². The second kappa shape index (κ2) is 12.7. The van der Waals surface area contributed by atoms with Gasteiger partial charge in [0.25, 0.3) is 11.5 Å². The van der Waals surface area contributed by atoms with Crippen molar-refractivity contribution in [1.29, 1.82) is 0 Å². The van der Waals surface area contributed by atoms with Gasteiger partial charge in [0.2, 0.25) is 5.95 Å². The predicted molar refractivity (Wildman–Crippen MR) is 128 cm³/mol. The normalized spacial score (nSPS) is 15.2. The Morgan fingerprint density at radius 1 is 1.17 bits per heavy atom. The highest BCUT2D eigenvalue weighted by molar-refractivity contribution is 5.97. The predicted octanol–water partition coefficient (Wildman–Crippen LogP) is -2.51. The first-order valence-electron chi connectivity index (χ1n) is 10.1. The summed E-state index contributed by atoms with van der Waals surface area (Å²) in [5.74, 6) is -4.82. The summed E-state index contributed by atoms with van der Waals surface area (Å²) in [5, 5.41) is 29.7. The Morgan fingerprint density at radius 3 is 2.42 bits per heavy atom. The van der Waals surface area contributed by atoms with Crippen molar-refractivity contribution < 1.29 is 40.3 Å². The Hall–Kier alpha value is -4.70. The van der Waals surface area contributed by atoms with Crippen LogP contribution in [0.15, 0.2) is 29.1 Å². The van der Waals surface area contributed by atoms with Crippen molar-refractivity contribution >= 4 is 47.3 Å². The molecule has 0 fully saturated rings. The molecule has 0 spiro atoms. The maximum atomic E-state index is 12.4. The van der Waals surface area contributed by atoms with E-state index in [2.05, 4.69) is 31.2 Å². The Balaban J connectivity index is 0.00000324. The largest absolute Gasteiger partial charge is 0.481 e. The van der Waals surface area contributed by atoms with Crippen molar-refractivity contribution in [1.82, 2.24) is 15.3 Å². The quantitative estimate of drug-likeness (QED) is 0.122. The second-order valence-electron chi connectivity index (χ2n) is 7.54. The summed E-state index contributed by atoms with van der Waals surface area (Å²) in [6, 6.07) is 4.44. The van der Waals surface area contributed by atoms with Gasteiger partial charge in [0.1, 0.15) is 23.9 Å². The van der Waals surface area contributed by atoms with Crippen LogP contribution in [-0.4, -0.2) is 80.4 Å². The average molecular weight is 509 g/mol. The number of H-pyrrole nitrogens is 1. The number of hydrogen-bond donors (Lipinski definition) is 8. The lowest BCUT2D eigenvalue weighted by Gasteiger charge is -2.27. The summed E-state index contributed by atoms with van der Waals surface area (Å²) in [6.45, 7) is 0.899. The molecule has 1 amide bonds. The minimum Gasteiger partial charge on any atom is -0.481 e. The highest BCUT2D eigenvalue weighted by Gasteiger charge is 2.28. The van der Waals surface area contributed by atoms with Gasteiger partial charge in [-0.15, -0.1) is 0 Å². The number of nitrogens with one attached hydrogen (secondary N) is 5. The lowest BCUT2D eigenvalue weighted by atomic mass is 10.0. The van der Waals surface area contributed by atoms with Crippen molar-refractivity contribution in [3.8, 4) is 0 Å². The zero-order valence-corrected chi connectivity index (χ0v) is 18.7. The summed E-state index contributed by atoms with van der Waals surface area (Å²) in [6.07, 6.45) is -0.446. The zero-order valence-electron chi connectivity index (χ0n) is 18.7. The summed E-state index contributed by atoms with van der Waals surface area (Å²) >= 11 is 0. The zero-order chi connectivity index (χ0) is 24.8. The number of amides is 1. The Labute approximate surface area is 202 Å². The highest BCUT2D eigenvalue weighted by atomic mass is 16.4. The molecule has 36 heavy (non-hydrogen) atoms. The van der Waals surface area contributed by atoms with Crippen LogP contribution in [0, 0.1) is 5.92 Å². The molecule has 0 aliphatic carbocycles. The number of aromatic amines is 1. The maximum Gasteiger partial charge on any atom is 0.326 e. The molecule has 2 heterocycles. The van der Waals surface area contributed by atoms with Gasteiger partial charge in [-0.05, 0) is 30.7 Å². The first-order chi connectivity index (χ1) is 16.2. The Bertz CT molecular complexity index is 1150. The first kappa shape index (κ1) is 29.3. The van der Waals surface area contributed by atoms with E-state index >= 15 is 0 Å². The molecule has 0 saturated carbocycles. The van der Waals surface area contributed by atoms with Crippen molar-refractivity contribution in [3.05, 3.63) is 40.2 Å². The number of anilines is 4. The Kier molecular flexibility index (Phi) is 10.3. The molecule has 16 nitrogen and oxygen atoms in total. The van der Waals surface area contributed by atoms with Crippen LogP contribution in [0.4, 0.5) is 23.1 Å². The van der Waals surface area contributed by atoms with Crippen molar-refractivity contribution in [2.75, 3.05) is 34.8 Å². The Morgan fingerprint density at radius 2 is 1.83 bits per heavy atom. The van der Waals surface area contributed by atoms with E-state index in [1.807, 2.05) is 0 Å². The molecule has 13 N–H and O–H groups in total. The van der Waals surface area contributed by atoms with E-state index < -0.39 is 41.8 Å². The van der Waals surface area contributed by atoms with Gasteiger partial charge in [0.15, 0.2) is 5.82 Å². The molecule has 1 aliphatic heterocycles. The molecule has 0 bridgehead atoms. The van der Waals surface area contributed by atoms with E-state index in [0.717, 1.165) is 0 Å². The van der Waals surface area contributed by atoms with Crippen molar-refractivity contribution in [2.45, 2.75) is 18.5 Å². The van der Waals surface area contributed by atoms with Gasteiger partial charge in [-0.1, -0.05) is 0 Å². The minimum atomic E-state index is -1.55. The molecule has 0 saturated heterocycles. The number of aliphatic carboxylic acids is 2. The molecule has 2 unspecified atom stereocenters.